The molecule has 2 fully saturated rings. The molecule has 2 aliphatic heterocycles. The molecule has 9 nitrogen and oxygen atoms in total. The lowest BCUT2D eigenvalue weighted by molar-refractivity contribution is -0.0913. The number of hydrogen-bond acceptors (Lipinski definition) is 8. The van der Waals surface area contributed by atoms with Gasteiger partial charge in [-0.15, -0.1) is 0 Å². The number of hydrogen-bond donors (Lipinski definition) is 0. The van der Waals surface area contributed by atoms with Crippen molar-refractivity contribution in [2.45, 2.75) is 36.5 Å². The second-order valence-corrected chi connectivity index (χ2v) is 8.41. The van der Waals surface area contributed by atoms with E-state index in [0.717, 1.165) is 6.42 Å². The minimum atomic E-state index is -4.02. The Kier molecular flexibility index (Phi) is 6.33. The first-order valence-corrected chi connectivity index (χ1v) is 10.4. The van der Waals surface area contributed by atoms with Gasteiger partial charge in [-0.05, 0) is 31.0 Å². The van der Waals surface area contributed by atoms with Crippen LogP contribution in [0.1, 0.15) is 40.0 Å². The van der Waals surface area contributed by atoms with E-state index in [2.05, 4.69) is 9.47 Å². The summed E-state index contributed by atoms with van der Waals surface area (Å²) in [6, 6.07) is 3.18. The molecule has 0 bridgehead atoms. The molecule has 0 N–H and O–H groups in total. The maximum Gasteiger partial charge on any atom is 0.337 e. The molecule has 0 aromatic heterocycles. The molecular formula is C18H23NO8S. The Morgan fingerprint density at radius 2 is 1.57 bits per heavy atom. The molecule has 0 aliphatic carbocycles. The van der Waals surface area contributed by atoms with E-state index >= 15 is 0 Å². The van der Waals surface area contributed by atoms with E-state index in [0.29, 0.717) is 32.6 Å². The number of benzene rings is 1. The van der Waals surface area contributed by atoms with Crippen LogP contribution >= 0.6 is 0 Å². The van der Waals surface area contributed by atoms with Crippen molar-refractivity contribution in [3.63, 3.8) is 0 Å². The van der Waals surface area contributed by atoms with Gasteiger partial charge in [0.25, 0.3) is 0 Å². The highest BCUT2D eigenvalue weighted by atomic mass is 32.2. The number of ether oxygens (including phenoxy) is 4. The lowest BCUT2D eigenvalue weighted by atomic mass is 10.0. The summed E-state index contributed by atoms with van der Waals surface area (Å²) in [7, 11) is -1.66. The molecule has 1 aromatic carbocycles. The van der Waals surface area contributed by atoms with Crippen LogP contribution in [0.4, 0.5) is 0 Å². The second kappa shape index (κ2) is 8.56. The number of nitrogens with zero attached hydrogens (tertiary/aromatic N) is 1. The lowest BCUT2D eigenvalue weighted by Crippen LogP contribution is -2.50. The van der Waals surface area contributed by atoms with E-state index in [-0.39, 0.29) is 16.0 Å². The minimum Gasteiger partial charge on any atom is -0.465 e. The van der Waals surface area contributed by atoms with Crippen molar-refractivity contribution in [2.24, 2.45) is 0 Å². The fourth-order valence-corrected chi connectivity index (χ4v) is 5.21. The molecule has 2 aliphatic rings. The number of methoxy groups -OCH3 is 2. The summed E-state index contributed by atoms with van der Waals surface area (Å²) >= 11 is 0. The van der Waals surface area contributed by atoms with Gasteiger partial charge in [0.05, 0.1) is 49.5 Å². The van der Waals surface area contributed by atoms with Crippen LogP contribution in [-0.4, -0.2) is 71.0 Å². The molecule has 1 aromatic rings. The van der Waals surface area contributed by atoms with E-state index in [1.807, 2.05) is 0 Å². The molecule has 0 unspecified atom stereocenters. The third kappa shape index (κ3) is 4.04. The predicted molar refractivity (Wildman–Crippen MR) is 96.3 cm³/mol. The highest BCUT2D eigenvalue weighted by Crippen LogP contribution is 2.31. The highest BCUT2D eigenvalue weighted by Gasteiger charge is 2.41. The van der Waals surface area contributed by atoms with Crippen LogP contribution in [-0.2, 0) is 29.0 Å². The molecule has 1 atom stereocenters. The number of esters is 2. The van der Waals surface area contributed by atoms with Crippen LogP contribution in [0.15, 0.2) is 23.1 Å². The van der Waals surface area contributed by atoms with Gasteiger partial charge in [0, 0.05) is 6.54 Å². The van der Waals surface area contributed by atoms with Crippen LogP contribution in [0.2, 0.25) is 0 Å². The molecule has 2 heterocycles. The molecule has 3 rings (SSSR count). The van der Waals surface area contributed by atoms with Crippen molar-refractivity contribution in [2.75, 3.05) is 34.0 Å². The molecule has 10 heteroatoms. The predicted octanol–water partition coefficient (Wildman–Crippen LogP) is 1.18. The zero-order chi connectivity index (χ0) is 20.3. The monoisotopic (exact) mass is 413 g/mol. The fourth-order valence-electron chi connectivity index (χ4n) is 3.45. The van der Waals surface area contributed by atoms with Crippen molar-refractivity contribution in [1.82, 2.24) is 4.31 Å². The second-order valence-electron chi connectivity index (χ2n) is 6.52. The maximum atomic E-state index is 13.4. The molecule has 28 heavy (non-hydrogen) atoms. The van der Waals surface area contributed by atoms with Gasteiger partial charge in [0.1, 0.15) is 0 Å². The number of sulfonamides is 1. The van der Waals surface area contributed by atoms with Gasteiger partial charge in [-0.3, -0.25) is 0 Å². The summed E-state index contributed by atoms with van der Waals surface area (Å²) in [6.45, 7) is 1.13. The Bertz CT molecular complexity index is 813. The highest BCUT2D eigenvalue weighted by molar-refractivity contribution is 7.89. The standard InChI is InChI=1S/C18H23NO8S/c1-24-16(20)12-9-13(17(21)25-2)11-14(10-12)28(22,23)19-6-4-3-5-15(19)18-26-7-8-27-18/h9-11,15,18H,3-8H2,1-2H3/t15-/m0/s1. The van der Waals surface area contributed by atoms with Crippen LogP contribution in [0.5, 0.6) is 0 Å². The Balaban J connectivity index is 2.03. The molecular weight excluding hydrogens is 390 g/mol. The molecule has 0 saturated carbocycles. The third-order valence-electron chi connectivity index (χ3n) is 4.82. The summed E-state index contributed by atoms with van der Waals surface area (Å²) in [5.74, 6) is -1.50. The van der Waals surface area contributed by atoms with Gasteiger partial charge in [0.15, 0.2) is 6.29 Å². The minimum absolute atomic E-state index is 0.0501. The van der Waals surface area contributed by atoms with Crippen LogP contribution in [0, 0.1) is 0 Å². The van der Waals surface area contributed by atoms with Crippen LogP contribution < -0.4 is 0 Å². The van der Waals surface area contributed by atoms with Gasteiger partial charge in [-0.2, -0.15) is 4.31 Å². The Morgan fingerprint density at radius 3 is 2.11 bits per heavy atom. The van der Waals surface area contributed by atoms with E-state index in [1.165, 1.54) is 36.7 Å². The summed E-state index contributed by atoms with van der Waals surface area (Å²) in [5.41, 5.74) is -0.100. The first-order chi connectivity index (χ1) is 13.4. The smallest absolute Gasteiger partial charge is 0.337 e. The van der Waals surface area contributed by atoms with Gasteiger partial charge >= 0.3 is 11.9 Å². The van der Waals surface area contributed by atoms with Crippen molar-refractivity contribution in [1.29, 1.82) is 0 Å². The molecule has 0 spiro atoms. The zero-order valence-electron chi connectivity index (χ0n) is 15.8. The average Bonchev–Trinajstić information content (AvgIpc) is 3.27. The quantitative estimate of drug-likeness (QED) is 0.662. The van der Waals surface area contributed by atoms with Gasteiger partial charge in [-0.25, -0.2) is 18.0 Å². The SMILES string of the molecule is COC(=O)c1cc(C(=O)OC)cc(S(=O)(=O)N2CCCC[C@H]2C2OCCO2)c1. The Hall–Kier alpha value is -2.01. The summed E-state index contributed by atoms with van der Waals surface area (Å²) in [5, 5.41) is 0. The maximum absolute atomic E-state index is 13.4. The summed E-state index contributed by atoms with van der Waals surface area (Å²) in [6.07, 6.45) is 1.53. The van der Waals surface area contributed by atoms with E-state index in [4.69, 9.17) is 9.47 Å². The molecule has 2 saturated heterocycles. The number of carbonyl (C=O) groups excluding carboxylic acids is 2. The Labute approximate surface area is 163 Å². The number of rotatable bonds is 5. The lowest BCUT2D eigenvalue weighted by Gasteiger charge is -2.36. The zero-order valence-corrected chi connectivity index (χ0v) is 16.6. The summed E-state index contributed by atoms with van der Waals surface area (Å²) < 4.78 is 48.6. The van der Waals surface area contributed by atoms with E-state index < -0.39 is 34.3 Å². The van der Waals surface area contributed by atoms with Gasteiger partial charge < -0.3 is 18.9 Å². The largest absolute Gasteiger partial charge is 0.465 e. The van der Waals surface area contributed by atoms with Crippen molar-refractivity contribution >= 4 is 22.0 Å². The van der Waals surface area contributed by atoms with Crippen molar-refractivity contribution < 1.29 is 37.0 Å². The van der Waals surface area contributed by atoms with Gasteiger partial charge in [0.2, 0.25) is 10.0 Å². The van der Waals surface area contributed by atoms with Crippen molar-refractivity contribution in [3.05, 3.63) is 29.3 Å². The topological polar surface area (TPSA) is 108 Å². The average molecular weight is 413 g/mol. The Morgan fingerprint density at radius 1 is 1.00 bits per heavy atom. The molecule has 0 radical (unpaired) electrons. The van der Waals surface area contributed by atoms with E-state index in [1.54, 1.807) is 0 Å². The first-order valence-electron chi connectivity index (χ1n) is 8.95. The van der Waals surface area contributed by atoms with Crippen molar-refractivity contribution in [3.8, 4) is 0 Å². The number of carbonyl (C=O) groups is 2. The van der Waals surface area contributed by atoms with Crippen LogP contribution in [0.3, 0.4) is 0 Å². The third-order valence-corrected chi connectivity index (χ3v) is 6.72. The van der Waals surface area contributed by atoms with Gasteiger partial charge in [-0.1, -0.05) is 6.42 Å². The number of piperidine rings is 1. The normalized spacial score (nSPS) is 21.4. The summed E-state index contributed by atoms with van der Waals surface area (Å²) in [4.78, 5) is 23.8. The first kappa shape index (κ1) is 20.7. The molecule has 154 valence electrons. The fraction of sp³-hybridized carbons (Fsp3) is 0.556. The van der Waals surface area contributed by atoms with Crippen LogP contribution in [0.25, 0.3) is 0 Å². The van der Waals surface area contributed by atoms with E-state index in [9.17, 15) is 18.0 Å². The molecule has 0 amide bonds.